The summed E-state index contributed by atoms with van der Waals surface area (Å²) in [4.78, 5) is 11.3. The second kappa shape index (κ2) is 10.4. The highest BCUT2D eigenvalue weighted by molar-refractivity contribution is 9.11. The van der Waals surface area contributed by atoms with Crippen LogP contribution in [0.1, 0.15) is 23.7 Å². The van der Waals surface area contributed by atoms with Crippen LogP contribution < -0.4 is 9.47 Å². The first-order valence-corrected chi connectivity index (χ1v) is 12.1. The third-order valence-electron chi connectivity index (χ3n) is 5.04. The molecule has 0 atom stereocenters. The van der Waals surface area contributed by atoms with E-state index in [9.17, 15) is 9.90 Å². The van der Waals surface area contributed by atoms with Crippen molar-refractivity contribution in [2.75, 3.05) is 13.2 Å². The molecule has 0 radical (unpaired) electrons. The van der Waals surface area contributed by atoms with Crippen molar-refractivity contribution in [3.8, 4) is 22.9 Å². The number of carboxylic acids is 1. The fourth-order valence-corrected chi connectivity index (χ4v) is 4.42. The van der Waals surface area contributed by atoms with E-state index in [2.05, 4.69) is 43.0 Å². The van der Waals surface area contributed by atoms with Crippen LogP contribution in [0.3, 0.4) is 0 Å². The van der Waals surface area contributed by atoms with E-state index in [4.69, 9.17) is 9.47 Å². The first-order chi connectivity index (χ1) is 16.0. The number of benzene rings is 3. The Balaban J connectivity index is 1.53. The molecule has 0 aliphatic heterocycles. The van der Waals surface area contributed by atoms with Gasteiger partial charge < -0.3 is 14.6 Å². The van der Waals surface area contributed by atoms with Gasteiger partial charge in [-0.05, 0) is 63.5 Å². The fraction of sp³-hybridized carbons (Fsp3) is 0.200. The molecule has 0 fully saturated rings. The summed E-state index contributed by atoms with van der Waals surface area (Å²) in [7, 11) is 0. The minimum Gasteiger partial charge on any atom is -0.490 e. The number of ether oxygens (including phenoxy) is 2. The van der Waals surface area contributed by atoms with Gasteiger partial charge >= 0.3 is 5.97 Å². The smallest absolute Gasteiger partial charge is 0.335 e. The van der Waals surface area contributed by atoms with Gasteiger partial charge in [0, 0.05) is 16.1 Å². The lowest BCUT2D eigenvalue weighted by Gasteiger charge is -2.12. The largest absolute Gasteiger partial charge is 0.490 e. The van der Waals surface area contributed by atoms with Crippen LogP contribution in [0, 0.1) is 0 Å². The molecule has 0 spiro atoms. The molecule has 8 heteroatoms. The van der Waals surface area contributed by atoms with Gasteiger partial charge in [0.05, 0.1) is 28.9 Å². The quantitative estimate of drug-likeness (QED) is 0.238. The molecule has 0 bridgehead atoms. The molecule has 1 heterocycles. The van der Waals surface area contributed by atoms with E-state index in [0.29, 0.717) is 31.3 Å². The first kappa shape index (κ1) is 23.3. The van der Waals surface area contributed by atoms with Crippen LogP contribution in [0.2, 0.25) is 0 Å². The van der Waals surface area contributed by atoms with Crippen LogP contribution in [0.5, 0.6) is 11.6 Å². The maximum atomic E-state index is 11.3. The molecule has 0 amide bonds. The number of aromatic carboxylic acids is 1. The molecule has 1 N–H and O–H groups in total. The summed E-state index contributed by atoms with van der Waals surface area (Å²) in [6, 6.07) is 18.6. The minimum atomic E-state index is -0.972. The van der Waals surface area contributed by atoms with Crippen molar-refractivity contribution in [2.24, 2.45) is 0 Å². The Hall–Kier alpha value is -2.84. The molecular weight excluding hydrogens is 552 g/mol. The second-order valence-electron chi connectivity index (χ2n) is 7.42. The number of aromatic nitrogens is 2. The number of carboxylic acid groups (broad SMARTS) is 1. The summed E-state index contributed by atoms with van der Waals surface area (Å²) in [5.74, 6) is 0.404. The first-order valence-electron chi connectivity index (χ1n) is 10.5. The Morgan fingerprint density at radius 1 is 1.03 bits per heavy atom. The van der Waals surface area contributed by atoms with Crippen molar-refractivity contribution in [3.05, 3.63) is 75.2 Å². The van der Waals surface area contributed by atoms with Gasteiger partial charge in [-0.1, -0.05) is 47.1 Å². The highest BCUT2D eigenvalue weighted by atomic mass is 79.9. The predicted molar refractivity (Wildman–Crippen MR) is 135 cm³/mol. The molecule has 33 heavy (non-hydrogen) atoms. The summed E-state index contributed by atoms with van der Waals surface area (Å²) < 4.78 is 15.6. The van der Waals surface area contributed by atoms with Crippen LogP contribution in [0.15, 0.2) is 69.6 Å². The molecule has 6 nitrogen and oxygen atoms in total. The average Bonchev–Trinajstić information content (AvgIpc) is 3.22. The Morgan fingerprint density at radius 2 is 1.88 bits per heavy atom. The lowest BCUT2D eigenvalue weighted by atomic mass is 10.1. The lowest BCUT2D eigenvalue weighted by molar-refractivity contribution is 0.0697. The van der Waals surface area contributed by atoms with E-state index < -0.39 is 5.97 Å². The van der Waals surface area contributed by atoms with Crippen LogP contribution in [-0.4, -0.2) is 34.1 Å². The Labute approximate surface area is 208 Å². The topological polar surface area (TPSA) is 73.6 Å². The van der Waals surface area contributed by atoms with Gasteiger partial charge in [-0.3, -0.25) is 0 Å². The maximum absolute atomic E-state index is 11.3. The standard InChI is InChI=1S/C25H22Br2N2O4/c1-2-11-33-23-15-21(17-4-3-5-18(13-17)25(30)31)28-29(23)10-12-32-22-9-6-16-14-19(26)7-8-20(16)24(22)27/h3-9,13-15H,2,10-12H2,1H3,(H,30,31). The van der Waals surface area contributed by atoms with Crippen LogP contribution >= 0.6 is 31.9 Å². The molecule has 170 valence electrons. The van der Waals surface area contributed by atoms with E-state index in [1.807, 2.05) is 43.3 Å². The van der Waals surface area contributed by atoms with Crippen LogP contribution in [0.4, 0.5) is 0 Å². The number of hydrogen-bond donors (Lipinski definition) is 1. The normalized spacial score (nSPS) is 11.0. The van der Waals surface area contributed by atoms with E-state index in [1.54, 1.807) is 22.9 Å². The molecule has 0 aliphatic rings. The van der Waals surface area contributed by atoms with Crippen molar-refractivity contribution in [1.29, 1.82) is 0 Å². The Morgan fingerprint density at radius 3 is 2.67 bits per heavy atom. The molecule has 0 saturated carbocycles. The second-order valence-corrected chi connectivity index (χ2v) is 9.13. The van der Waals surface area contributed by atoms with Crippen molar-refractivity contribution < 1.29 is 19.4 Å². The number of fused-ring (bicyclic) bond motifs is 1. The van der Waals surface area contributed by atoms with Crippen molar-refractivity contribution >= 4 is 48.6 Å². The Kier molecular flexibility index (Phi) is 7.35. The number of nitrogens with zero attached hydrogens (tertiary/aromatic N) is 2. The molecule has 4 rings (SSSR count). The predicted octanol–water partition coefficient (Wildman–Crippen LogP) is 6.79. The van der Waals surface area contributed by atoms with Crippen LogP contribution in [0.25, 0.3) is 22.0 Å². The zero-order chi connectivity index (χ0) is 23.4. The zero-order valence-electron chi connectivity index (χ0n) is 17.9. The molecule has 0 aliphatic carbocycles. The molecule has 1 aromatic heterocycles. The van der Waals surface area contributed by atoms with Gasteiger partial charge in [0.15, 0.2) is 0 Å². The van der Waals surface area contributed by atoms with Gasteiger partial charge in [0.25, 0.3) is 0 Å². The minimum absolute atomic E-state index is 0.217. The number of rotatable bonds is 9. The fourth-order valence-electron chi connectivity index (χ4n) is 3.43. The molecular formula is C25H22Br2N2O4. The summed E-state index contributed by atoms with van der Waals surface area (Å²) in [6.07, 6.45) is 0.867. The number of halogens is 2. The van der Waals surface area contributed by atoms with E-state index in [0.717, 1.165) is 37.5 Å². The molecule has 0 saturated heterocycles. The van der Waals surface area contributed by atoms with Crippen molar-refractivity contribution in [1.82, 2.24) is 9.78 Å². The lowest BCUT2D eigenvalue weighted by Crippen LogP contribution is -2.12. The van der Waals surface area contributed by atoms with Gasteiger partial charge in [-0.2, -0.15) is 5.10 Å². The average molecular weight is 574 g/mol. The molecule has 0 unspecified atom stereocenters. The number of hydrogen-bond acceptors (Lipinski definition) is 4. The van der Waals surface area contributed by atoms with Gasteiger partial charge in [0.1, 0.15) is 12.4 Å². The van der Waals surface area contributed by atoms with Gasteiger partial charge in [0.2, 0.25) is 5.88 Å². The summed E-state index contributed by atoms with van der Waals surface area (Å²) in [6.45, 7) is 3.46. The van der Waals surface area contributed by atoms with E-state index >= 15 is 0 Å². The van der Waals surface area contributed by atoms with E-state index in [1.165, 1.54) is 0 Å². The third-order valence-corrected chi connectivity index (χ3v) is 6.35. The third kappa shape index (κ3) is 5.39. The highest BCUT2D eigenvalue weighted by Crippen LogP contribution is 2.34. The molecule has 4 aromatic rings. The summed E-state index contributed by atoms with van der Waals surface area (Å²) in [5, 5.41) is 16.1. The number of carbonyl (C=O) groups is 1. The Bertz CT molecular complexity index is 1300. The SMILES string of the molecule is CCCOc1cc(-c2cccc(C(=O)O)c2)nn1CCOc1ccc2cc(Br)ccc2c1Br. The maximum Gasteiger partial charge on any atom is 0.335 e. The monoisotopic (exact) mass is 572 g/mol. The van der Waals surface area contributed by atoms with Gasteiger partial charge in [-0.25, -0.2) is 9.48 Å². The van der Waals surface area contributed by atoms with Gasteiger partial charge in [-0.15, -0.1) is 0 Å². The van der Waals surface area contributed by atoms with Crippen LogP contribution in [-0.2, 0) is 6.54 Å². The van der Waals surface area contributed by atoms with Crippen molar-refractivity contribution in [2.45, 2.75) is 19.9 Å². The molecule has 3 aromatic carbocycles. The highest BCUT2D eigenvalue weighted by Gasteiger charge is 2.14. The zero-order valence-corrected chi connectivity index (χ0v) is 21.1. The van der Waals surface area contributed by atoms with E-state index in [-0.39, 0.29) is 5.56 Å². The summed E-state index contributed by atoms with van der Waals surface area (Å²) >= 11 is 7.16. The summed E-state index contributed by atoms with van der Waals surface area (Å²) in [5.41, 5.74) is 1.59. The van der Waals surface area contributed by atoms with Crippen molar-refractivity contribution in [3.63, 3.8) is 0 Å².